The highest BCUT2D eigenvalue weighted by Gasteiger charge is 2.36. The van der Waals surface area contributed by atoms with Gasteiger partial charge in [-0.1, -0.05) is 37.8 Å². The van der Waals surface area contributed by atoms with E-state index in [1.807, 2.05) is 0 Å². The summed E-state index contributed by atoms with van der Waals surface area (Å²) in [5.74, 6) is 0. The van der Waals surface area contributed by atoms with Crippen LogP contribution in [0, 0.1) is 5.41 Å². The van der Waals surface area contributed by atoms with Crippen LogP contribution >= 0.6 is 0 Å². The molecular formula is C14H25N. The Kier molecular flexibility index (Phi) is 3.50. The summed E-state index contributed by atoms with van der Waals surface area (Å²) in [5, 5.41) is 3.59. The lowest BCUT2D eigenvalue weighted by Gasteiger charge is -2.41. The highest BCUT2D eigenvalue weighted by Crippen LogP contribution is 2.42. The first-order valence-corrected chi connectivity index (χ1v) is 6.62. The summed E-state index contributed by atoms with van der Waals surface area (Å²) in [5.41, 5.74) is 2.23. The molecule has 0 heterocycles. The van der Waals surface area contributed by atoms with E-state index in [-0.39, 0.29) is 0 Å². The molecule has 2 rings (SSSR count). The Hall–Kier alpha value is -0.300. The maximum Gasteiger partial charge on any atom is 0.0330 e. The minimum atomic E-state index is 0.531. The molecule has 1 saturated carbocycles. The number of rotatable bonds is 3. The van der Waals surface area contributed by atoms with E-state index < -0.39 is 0 Å². The summed E-state index contributed by atoms with van der Waals surface area (Å²) in [7, 11) is 2.14. The Labute approximate surface area is 94.3 Å². The Morgan fingerprint density at radius 1 is 1.20 bits per heavy atom. The molecule has 2 aliphatic rings. The zero-order chi connectivity index (χ0) is 10.7. The first-order chi connectivity index (χ1) is 7.26. The van der Waals surface area contributed by atoms with Crippen molar-refractivity contribution in [1.82, 2.24) is 5.32 Å². The second-order valence-corrected chi connectivity index (χ2v) is 5.61. The molecule has 2 aliphatic carbocycles. The van der Waals surface area contributed by atoms with Crippen molar-refractivity contribution in [2.75, 3.05) is 7.05 Å². The third kappa shape index (κ3) is 2.28. The van der Waals surface area contributed by atoms with Crippen LogP contribution in [-0.2, 0) is 0 Å². The van der Waals surface area contributed by atoms with Crippen molar-refractivity contribution in [3.8, 4) is 0 Å². The lowest BCUT2D eigenvalue weighted by molar-refractivity contribution is 0.168. The number of hydrogen-bond donors (Lipinski definition) is 1. The van der Waals surface area contributed by atoms with Crippen LogP contribution in [0.25, 0.3) is 0 Å². The summed E-state index contributed by atoms with van der Waals surface area (Å²) < 4.78 is 0. The molecule has 1 heteroatoms. The van der Waals surface area contributed by atoms with Crippen molar-refractivity contribution >= 4 is 0 Å². The van der Waals surface area contributed by atoms with E-state index in [1.165, 1.54) is 51.4 Å². The molecular weight excluding hydrogens is 182 g/mol. The molecule has 0 aliphatic heterocycles. The maximum atomic E-state index is 3.59. The molecule has 1 unspecified atom stereocenters. The standard InChI is InChI=1S/C14H25N/c1-14(10-6-3-7-11-14)13(15-2)12-8-4-5-9-12/h8,13,15H,3-7,9-11H2,1-2H3. The highest BCUT2D eigenvalue weighted by molar-refractivity contribution is 5.19. The SMILES string of the molecule is CNC(C1=CCCC1)C1(C)CCCCC1. The maximum absolute atomic E-state index is 3.59. The van der Waals surface area contributed by atoms with Gasteiger partial charge in [0.2, 0.25) is 0 Å². The fourth-order valence-corrected chi connectivity index (χ4v) is 3.59. The van der Waals surface area contributed by atoms with Crippen LogP contribution in [0.1, 0.15) is 58.3 Å². The average molecular weight is 207 g/mol. The second kappa shape index (κ2) is 4.69. The smallest absolute Gasteiger partial charge is 0.0330 e. The first-order valence-electron chi connectivity index (χ1n) is 6.62. The van der Waals surface area contributed by atoms with Gasteiger partial charge in [0.25, 0.3) is 0 Å². The van der Waals surface area contributed by atoms with Gasteiger partial charge in [-0.05, 0) is 44.6 Å². The van der Waals surface area contributed by atoms with Gasteiger partial charge in [-0.15, -0.1) is 0 Å². The Bertz CT molecular complexity index is 236. The minimum Gasteiger partial charge on any atom is -0.313 e. The van der Waals surface area contributed by atoms with Crippen molar-refractivity contribution < 1.29 is 0 Å². The minimum absolute atomic E-state index is 0.531. The van der Waals surface area contributed by atoms with Crippen molar-refractivity contribution in [1.29, 1.82) is 0 Å². The molecule has 0 aromatic heterocycles. The quantitative estimate of drug-likeness (QED) is 0.696. The third-order valence-corrected chi connectivity index (χ3v) is 4.43. The van der Waals surface area contributed by atoms with E-state index in [2.05, 4.69) is 25.4 Å². The molecule has 0 bridgehead atoms. The van der Waals surface area contributed by atoms with Crippen LogP contribution in [-0.4, -0.2) is 13.1 Å². The number of nitrogens with one attached hydrogen (secondary N) is 1. The Morgan fingerprint density at radius 3 is 2.47 bits per heavy atom. The van der Waals surface area contributed by atoms with E-state index in [1.54, 1.807) is 5.57 Å². The van der Waals surface area contributed by atoms with Gasteiger partial charge in [-0.3, -0.25) is 0 Å². The summed E-state index contributed by atoms with van der Waals surface area (Å²) in [4.78, 5) is 0. The Balaban J connectivity index is 2.09. The monoisotopic (exact) mass is 207 g/mol. The van der Waals surface area contributed by atoms with E-state index >= 15 is 0 Å². The summed E-state index contributed by atoms with van der Waals surface area (Å²) in [6.45, 7) is 2.49. The average Bonchev–Trinajstić information content (AvgIpc) is 2.73. The summed E-state index contributed by atoms with van der Waals surface area (Å²) >= 11 is 0. The normalized spacial score (nSPS) is 27.5. The second-order valence-electron chi connectivity index (χ2n) is 5.61. The predicted molar refractivity (Wildman–Crippen MR) is 66.0 cm³/mol. The van der Waals surface area contributed by atoms with Gasteiger partial charge in [0, 0.05) is 6.04 Å². The van der Waals surface area contributed by atoms with E-state index in [4.69, 9.17) is 0 Å². The molecule has 1 N–H and O–H groups in total. The van der Waals surface area contributed by atoms with Crippen LogP contribution in [0.5, 0.6) is 0 Å². The summed E-state index contributed by atoms with van der Waals surface area (Å²) in [6.07, 6.45) is 13.6. The van der Waals surface area contributed by atoms with Gasteiger partial charge in [0.1, 0.15) is 0 Å². The van der Waals surface area contributed by atoms with Gasteiger partial charge in [-0.25, -0.2) is 0 Å². The molecule has 1 fully saturated rings. The van der Waals surface area contributed by atoms with Crippen LogP contribution in [0.4, 0.5) is 0 Å². The molecule has 86 valence electrons. The Morgan fingerprint density at radius 2 is 1.93 bits per heavy atom. The number of hydrogen-bond acceptors (Lipinski definition) is 1. The molecule has 0 amide bonds. The molecule has 0 saturated heterocycles. The largest absolute Gasteiger partial charge is 0.313 e. The van der Waals surface area contributed by atoms with Gasteiger partial charge in [0.05, 0.1) is 0 Å². The molecule has 1 nitrogen and oxygen atoms in total. The molecule has 15 heavy (non-hydrogen) atoms. The third-order valence-electron chi connectivity index (χ3n) is 4.43. The molecule has 0 spiro atoms. The highest BCUT2D eigenvalue weighted by atomic mass is 14.9. The van der Waals surface area contributed by atoms with Crippen LogP contribution < -0.4 is 5.32 Å². The zero-order valence-electron chi connectivity index (χ0n) is 10.3. The van der Waals surface area contributed by atoms with E-state index in [0.29, 0.717) is 11.5 Å². The van der Waals surface area contributed by atoms with Crippen molar-refractivity contribution in [3.05, 3.63) is 11.6 Å². The predicted octanol–water partition coefficient (Wildman–Crippen LogP) is 3.66. The van der Waals surface area contributed by atoms with Gasteiger partial charge >= 0.3 is 0 Å². The molecule has 0 aromatic rings. The van der Waals surface area contributed by atoms with Crippen LogP contribution in [0.15, 0.2) is 11.6 Å². The van der Waals surface area contributed by atoms with Gasteiger partial charge in [0.15, 0.2) is 0 Å². The van der Waals surface area contributed by atoms with Crippen molar-refractivity contribution in [2.24, 2.45) is 5.41 Å². The fraction of sp³-hybridized carbons (Fsp3) is 0.857. The van der Waals surface area contributed by atoms with E-state index in [0.717, 1.165) is 0 Å². The topological polar surface area (TPSA) is 12.0 Å². The van der Waals surface area contributed by atoms with E-state index in [9.17, 15) is 0 Å². The van der Waals surface area contributed by atoms with Crippen molar-refractivity contribution in [2.45, 2.75) is 64.3 Å². The lowest BCUT2D eigenvalue weighted by Crippen LogP contribution is -2.44. The molecule has 1 atom stereocenters. The molecule has 0 radical (unpaired) electrons. The fourth-order valence-electron chi connectivity index (χ4n) is 3.59. The molecule has 0 aromatic carbocycles. The zero-order valence-corrected chi connectivity index (χ0v) is 10.3. The van der Waals surface area contributed by atoms with Crippen molar-refractivity contribution in [3.63, 3.8) is 0 Å². The first kappa shape index (κ1) is 11.2. The number of likely N-dealkylation sites (N-methyl/N-ethyl adjacent to an activating group) is 1. The lowest BCUT2D eigenvalue weighted by atomic mass is 9.68. The summed E-state index contributed by atoms with van der Waals surface area (Å²) in [6, 6.07) is 0.653. The van der Waals surface area contributed by atoms with Gasteiger partial charge in [-0.2, -0.15) is 0 Å². The number of allylic oxidation sites excluding steroid dienone is 1. The van der Waals surface area contributed by atoms with Crippen LogP contribution in [0.3, 0.4) is 0 Å². The van der Waals surface area contributed by atoms with Gasteiger partial charge < -0.3 is 5.32 Å². The van der Waals surface area contributed by atoms with Crippen LogP contribution in [0.2, 0.25) is 0 Å².